The number of carbonyl (C=O) groups excluding carboxylic acids is 1. The zero-order valence-electron chi connectivity index (χ0n) is 18.0. The van der Waals surface area contributed by atoms with E-state index < -0.39 is 11.9 Å². The lowest BCUT2D eigenvalue weighted by atomic mass is 9.92. The summed E-state index contributed by atoms with van der Waals surface area (Å²) in [7, 11) is 0. The first kappa shape index (κ1) is 22.1. The van der Waals surface area contributed by atoms with Crippen LogP contribution in [0, 0.1) is 5.92 Å². The molecule has 0 amide bonds. The van der Waals surface area contributed by atoms with E-state index in [0.29, 0.717) is 17.8 Å². The van der Waals surface area contributed by atoms with E-state index in [2.05, 4.69) is 20.6 Å². The van der Waals surface area contributed by atoms with Crippen molar-refractivity contribution in [3.8, 4) is 22.5 Å². The Morgan fingerprint density at radius 3 is 2.09 bits per heavy atom. The van der Waals surface area contributed by atoms with Gasteiger partial charge in [0, 0.05) is 17.5 Å². The van der Waals surface area contributed by atoms with Gasteiger partial charge < -0.3 is 5.11 Å². The maximum Gasteiger partial charge on any atom is 0.306 e. The summed E-state index contributed by atoms with van der Waals surface area (Å²) in [4.78, 5) is 24.4. The number of carboxylic acid groups (broad SMARTS) is 1. The van der Waals surface area contributed by atoms with Gasteiger partial charge in [-0.2, -0.15) is 5.21 Å². The monoisotopic (exact) mass is 440 g/mol. The fourth-order valence-electron chi connectivity index (χ4n) is 3.80. The van der Waals surface area contributed by atoms with Gasteiger partial charge in [-0.05, 0) is 41.2 Å². The molecule has 4 aromatic rings. The molecule has 0 radical (unpaired) electrons. The molecule has 0 saturated heterocycles. The second-order valence-corrected chi connectivity index (χ2v) is 7.93. The Morgan fingerprint density at radius 1 is 0.848 bits per heavy atom. The van der Waals surface area contributed by atoms with Gasteiger partial charge in [0.15, 0.2) is 5.78 Å². The first-order valence-electron chi connectivity index (χ1n) is 10.8. The molecule has 0 aliphatic carbocycles. The number of H-pyrrole nitrogens is 1. The Morgan fingerprint density at radius 2 is 1.48 bits per heavy atom. The predicted molar refractivity (Wildman–Crippen MR) is 125 cm³/mol. The highest BCUT2D eigenvalue weighted by atomic mass is 16.4. The van der Waals surface area contributed by atoms with Crippen molar-refractivity contribution in [2.45, 2.75) is 25.7 Å². The number of nitrogens with zero attached hydrogens (tertiary/aromatic N) is 3. The zero-order chi connectivity index (χ0) is 23.0. The van der Waals surface area contributed by atoms with Crippen molar-refractivity contribution in [1.82, 2.24) is 20.6 Å². The van der Waals surface area contributed by atoms with E-state index in [1.54, 1.807) is 12.1 Å². The molecule has 7 nitrogen and oxygen atoms in total. The SMILES string of the molecule is O=C(CC(CCCc1ccccc1)C(=O)O)c1ccc(-c2ccc(-c3nn[nH]n3)cc2)cc1. The van der Waals surface area contributed by atoms with Crippen LogP contribution in [0.3, 0.4) is 0 Å². The van der Waals surface area contributed by atoms with E-state index in [-0.39, 0.29) is 12.2 Å². The number of aliphatic carboxylic acids is 1. The highest BCUT2D eigenvalue weighted by Crippen LogP contribution is 2.24. The molecular formula is C26H24N4O3. The Labute approximate surface area is 191 Å². The topological polar surface area (TPSA) is 109 Å². The molecule has 0 spiro atoms. The fraction of sp³-hybridized carbons (Fsp3) is 0.192. The molecule has 33 heavy (non-hydrogen) atoms. The van der Waals surface area contributed by atoms with E-state index in [1.165, 1.54) is 5.56 Å². The smallest absolute Gasteiger partial charge is 0.306 e. The number of aromatic amines is 1. The number of aromatic nitrogens is 4. The number of hydrogen-bond donors (Lipinski definition) is 2. The molecule has 1 unspecified atom stereocenters. The van der Waals surface area contributed by atoms with Gasteiger partial charge in [-0.3, -0.25) is 9.59 Å². The van der Waals surface area contributed by atoms with E-state index in [1.807, 2.05) is 66.7 Å². The lowest BCUT2D eigenvalue weighted by Gasteiger charge is -2.12. The molecule has 1 heterocycles. The van der Waals surface area contributed by atoms with Crippen LogP contribution in [-0.4, -0.2) is 37.5 Å². The van der Waals surface area contributed by atoms with Crippen molar-refractivity contribution in [3.05, 3.63) is 90.0 Å². The third kappa shape index (κ3) is 5.77. The molecular weight excluding hydrogens is 416 g/mol. The van der Waals surface area contributed by atoms with E-state index in [4.69, 9.17) is 0 Å². The van der Waals surface area contributed by atoms with Gasteiger partial charge in [0.05, 0.1) is 5.92 Å². The number of ketones is 1. The standard InChI is InChI=1S/C26H24N4O3/c31-24(17-23(26(32)33)8-4-7-18-5-2-1-3-6-18)21-13-9-19(10-14-21)20-11-15-22(16-12-20)25-27-29-30-28-25/h1-3,5-6,9-16,23H,4,7-8,17H2,(H,32,33)(H,27,28,29,30). The van der Waals surface area contributed by atoms with Crippen molar-refractivity contribution in [3.63, 3.8) is 0 Å². The number of rotatable bonds is 10. The summed E-state index contributed by atoms with van der Waals surface area (Å²) in [6, 6.07) is 25.0. The highest BCUT2D eigenvalue weighted by molar-refractivity contribution is 5.98. The molecule has 0 aliphatic rings. The van der Waals surface area contributed by atoms with Crippen LogP contribution in [0.2, 0.25) is 0 Å². The Kier molecular flexibility index (Phi) is 6.99. The molecule has 3 aromatic carbocycles. The lowest BCUT2D eigenvalue weighted by Crippen LogP contribution is -2.18. The molecule has 0 saturated carbocycles. The molecule has 166 valence electrons. The number of Topliss-reactive ketones (excluding diaryl/α,β-unsaturated/α-hetero) is 1. The van der Waals surface area contributed by atoms with Crippen LogP contribution in [0.4, 0.5) is 0 Å². The molecule has 0 fully saturated rings. The molecule has 2 N–H and O–H groups in total. The van der Waals surface area contributed by atoms with Crippen LogP contribution in [0.15, 0.2) is 78.9 Å². The Hall–Kier alpha value is -4.13. The van der Waals surface area contributed by atoms with Crippen LogP contribution in [0.1, 0.15) is 35.2 Å². The Bertz CT molecular complexity index is 1190. The van der Waals surface area contributed by atoms with Gasteiger partial charge in [-0.1, -0.05) is 78.9 Å². The van der Waals surface area contributed by atoms with Crippen molar-refractivity contribution >= 4 is 11.8 Å². The van der Waals surface area contributed by atoms with Crippen LogP contribution < -0.4 is 0 Å². The van der Waals surface area contributed by atoms with Crippen molar-refractivity contribution < 1.29 is 14.7 Å². The summed E-state index contributed by atoms with van der Waals surface area (Å²) in [5, 5.41) is 23.5. The third-order valence-corrected chi connectivity index (χ3v) is 5.67. The third-order valence-electron chi connectivity index (χ3n) is 5.67. The first-order valence-corrected chi connectivity index (χ1v) is 10.8. The van der Waals surface area contributed by atoms with Gasteiger partial charge >= 0.3 is 5.97 Å². The summed E-state index contributed by atoms with van der Waals surface area (Å²) in [5.74, 6) is -1.23. The van der Waals surface area contributed by atoms with Crippen molar-refractivity contribution in [1.29, 1.82) is 0 Å². The van der Waals surface area contributed by atoms with Gasteiger partial charge in [0.25, 0.3) is 0 Å². The van der Waals surface area contributed by atoms with Crippen LogP contribution in [-0.2, 0) is 11.2 Å². The quantitative estimate of drug-likeness (QED) is 0.342. The second-order valence-electron chi connectivity index (χ2n) is 7.93. The number of carboxylic acids is 1. The van der Waals surface area contributed by atoms with Crippen LogP contribution in [0.5, 0.6) is 0 Å². The number of tetrazole rings is 1. The number of benzene rings is 3. The summed E-state index contributed by atoms with van der Waals surface area (Å²) in [6.07, 6.45) is 2.01. The van der Waals surface area contributed by atoms with Gasteiger partial charge in [0.1, 0.15) is 0 Å². The van der Waals surface area contributed by atoms with Crippen LogP contribution >= 0.6 is 0 Å². The number of hydrogen-bond acceptors (Lipinski definition) is 5. The zero-order valence-corrected chi connectivity index (χ0v) is 18.0. The summed E-state index contributed by atoms with van der Waals surface area (Å²) < 4.78 is 0. The summed E-state index contributed by atoms with van der Waals surface area (Å²) in [5.41, 5.74) is 4.51. The number of nitrogens with one attached hydrogen (secondary N) is 1. The van der Waals surface area contributed by atoms with Gasteiger partial charge in [-0.25, -0.2) is 0 Å². The molecule has 0 bridgehead atoms. The number of aryl methyl sites for hydroxylation is 1. The molecule has 1 atom stereocenters. The average molecular weight is 441 g/mol. The van der Waals surface area contributed by atoms with E-state index >= 15 is 0 Å². The maximum atomic E-state index is 12.7. The lowest BCUT2D eigenvalue weighted by molar-refractivity contribution is -0.141. The summed E-state index contributed by atoms with van der Waals surface area (Å²) in [6.45, 7) is 0. The largest absolute Gasteiger partial charge is 0.481 e. The minimum absolute atomic E-state index is 0.00284. The summed E-state index contributed by atoms with van der Waals surface area (Å²) >= 11 is 0. The Balaban J connectivity index is 1.36. The van der Waals surface area contributed by atoms with Crippen molar-refractivity contribution in [2.24, 2.45) is 5.92 Å². The maximum absolute atomic E-state index is 12.7. The minimum atomic E-state index is -0.922. The predicted octanol–water partition coefficient (Wildman–Crippen LogP) is 4.83. The molecule has 1 aromatic heterocycles. The van der Waals surface area contributed by atoms with E-state index in [9.17, 15) is 14.7 Å². The van der Waals surface area contributed by atoms with Gasteiger partial charge in [-0.15, -0.1) is 10.2 Å². The minimum Gasteiger partial charge on any atom is -0.481 e. The molecule has 4 rings (SSSR count). The number of carbonyl (C=O) groups is 2. The molecule has 7 heteroatoms. The normalized spacial score (nSPS) is 11.8. The molecule has 0 aliphatic heterocycles. The van der Waals surface area contributed by atoms with Crippen molar-refractivity contribution in [2.75, 3.05) is 0 Å². The second kappa shape index (κ2) is 10.5. The van der Waals surface area contributed by atoms with E-state index in [0.717, 1.165) is 29.5 Å². The first-order chi connectivity index (χ1) is 16.1. The van der Waals surface area contributed by atoms with Crippen LogP contribution in [0.25, 0.3) is 22.5 Å². The highest BCUT2D eigenvalue weighted by Gasteiger charge is 2.21. The fourth-order valence-corrected chi connectivity index (χ4v) is 3.80. The average Bonchev–Trinajstić information content (AvgIpc) is 3.39. The van der Waals surface area contributed by atoms with Gasteiger partial charge in [0.2, 0.25) is 5.82 Å².